The number of thiazole rings is 1. The predicted molar refractivity (Wildman–Crippen MR) is 81.4 cm³/mol. The van der Waals surface area contributed by atoms with Crippen LogP contribution in [0.25, 0.3) is 10.4 Å². The minimum absolute atomic E-state index is 0.0137. The molecular weight excluding hydrogens is 288 g/mol. The first kappa shape index (κ1) is 14.0. The maximum absolute atomic E-state index is 12.1. The van der Waals surface area contributed by atoms with Crippen LogP contribution in [0.4, 0.5) is 5.13 Å². The van der Waals surface area contributed by atoms with Gasteiger partial charge >= 0.3 is 0 Å². The first-order valence-corrected chi connectivity index (χ1v) is 7.68. The molecule has 1 amide bonds. The molecule has 0 bridgehead atoms. The van der Waals surface area contributed by atoms with Crippen LogP contribution in [-0.2, 0) is 9.53 Å². The van der Waals surface area contributed by atoms with Crippen molar-refractivity contribution in [3.8, 4) is 16.2 Å². The van der Waals surface area contributed by atoms with Crippen molar-refractivity contribution in [2.24, 2.45) is 5.92 Å². The van der Waals surface area contributed by atoms with E-state index in [1.807, 2.05) is 12.1 Å². The molecule has 3 rings (SSSR count). The third-order valence-corrected chi connectivity index (χ3v) is 4.44. The number of ether oxygens (including phenoxy) is 1. The van der Waals surface area contributed by atoms with E-state index in [9.17, 15) is 9.90 Å². The Balaban J connectivity index is 1.67. The fourth-order valence-electron chi connectivity index (χ4n) is 2.26. The van der Waals surface area contributed by atoms with Gasteiger partial charge in [-0.1, -0.05) is 11.3 Å². The fourth-order valence-corrected chi connectivity index (χ4v) is 3.08. The Morgan fingerprint density at radius 1 is 1.29 bits per heavy atom. The average Bonchev–Trinajstić information content (AvgIpc) is 2.97. The Morgan fingerprint density at radius 2 is 2.00 bits per heavy atom. The summed E-state index contributed by atoms with van der Waals surface area (Å²) < 4.78 is 5.26. The quantitative estimate of drug-likeness (QED) is 0.914. The molecule has 0 unspecified atom stereocenters. The highest BCUT2D eigenvalue weighted by atomic mass is 32.1. The lowest BCUT2D eigenvalue weighted by Crippen LogP contribution is -2.28. The number of phenols is 1. The number of rotatable bonds is 3. The lowest BCUT2D eigenvalue weighted by atomic mass is 10.00. The number of anilines is 1. The van der Waals surface area contributed by atoms with E-state index in [-0.39, 0.29) is 17.6 Å². The number of aromatic hydroxyl groups is 1. The zero-order valence-electron chi connectivity index (χ0n) is 11.4. The molecule has 1 aliphatic rings. The number of nitrogens with zero attached hydrogens (tertiary/aromatic N) is 1. The number of phenolic OH excluding ortho intramolecular Hbond substituents is 1. The topological polar surface area (TPSA) is 71.5 Å². The molecule has 0 saturated carbocycles. The van der Waals surface area contributed by atoms with E-state index in [1.165, 1.54) is 11.3 Å². The van der Waals surface area contributed by atoms with Gasteiger partial charge in [0.05, 0.1) is 4.88 Å². The van der Waals surface area contributed by atoms with Crippen molar-refractivity contribution in [3.63, 3.8) is 0 Å². The molecule has 2 N–H and O–H groups in total. The summed E-state index contributed by atoms with van der Waals surface area (Å²) in [6.45, 7) is 1.30. The molecule has 21 heavy (non-hydrogen) atoms. The predicted octanol–water partition coefficient (Wildman–Crippen LogP) is 2.88. The monoisotopic (exact) mass is 304 g/mol. The Bertz CT molecular complexity index is 618. The first-order valence-electron chi connectivity index (χ1n) is 6.86. The third kappa shape index (κ3) is 3.40. The number of hydrogen-bond donors (Lipinski definition) is 2. The standard InChI is InChI=1S/C15H16N2O3S/c18-12-3-1-10(2-4-12)13-9-16-15(21-13)17-14(19)11-5-7-20-8-6-11/h1-4,9,11,18H,5-8H2,(H,16,17,19). The van der Waals surface area contributed by atoms with Gasteiger partial charge in [0.2, 0.25) is 5.91 Å². The van der Waals surface area contributed by atoms with Gasteiger partial charge in [0, 0.05) is 25.3 Å². The Labute approximate surface area is 126 Å². The molecule has 1 fully saturated rings. The van der Waals surface area contributed by atoms with Crippen LogP contribution < -0.4 is 5.32 Å². The van der Waals surface area contributed by atoms with Crippen LogP contribution >= 0.6 is 11.3 Å². The summed E-state index contributed by atoms with van der Waals surface area (Å²) >= 11 is 1.43. The highest BCUT2D eigenvalue weighted by Gasteiger charge is 2.22. The van der Waals surface area contributed by atoms with Gasteiger partial charge in [-0.2, -0.15) is 0 Å². The maximum atomic E-state index is 12.1. The molecule has 2 aromatic rings. The molecule has 1 saturated heterocycles. The molecule has 1 aromatic heterocycles. The van der Waals surface area contributed by atoms with Gasteiger partial charge in [-0.15, -0.1) is 0 Å². The molecule has 0 aliphatic carbocycles. The van der Waals surface area contributed by atoms with E-state index in [0.29, 0.717) is 18.3 Å². The molecule has 0 radical (unpaired) electrons. The summed E-state index contributed by atoms with van der Waals surface area (Å²) in [7, 11) is 0. The number of amides is 1. The summed E-state index contributed by atoms with van der Waals surface area (Å²) in [5.74, 6) is 0.265. The lowest BCUT2D eigenvalue weighted by Gasteiger charge is -2.20. The number of aromatic nitrogens is 1. The second kappa shape index (κ2) is 6.24. The zero-order chi connectivity index (χ0) is 14.7. The van der Waals surface area contributed by atoms with Gasteiger partial charge in [0.1, 0.15) is 5.75 Å². The van der Waals surface area contributed by atoms with Crippen LogP contribution in [0.1, 0.15) is 12.8 Å². The number of nitrogens with one attached hydrogen (secondary N) is 1. The summed E-state index contributed by atoms with van der Waals surface area (Å²) in [4.78, 5) is 17.3. The van der Waals surface area contributed by atoms with Crippen molar-refractivity contribution in [1.82, 2.24) is 4.98 Å². The zero-order valence-corrected chi connectivity index (χ0v) is 12.2. The smallest absolute Gasteiger partial charge is 0.229 e. The van der Waals surface area contributed by atoms with Crippen molar-refractivity contribution in [3.05, 3.63) is 30.5 Å². The first-order chi connectivity index (χ1) is 10.2. The molecule has 2 heterocycles. The van der Waals surface area contributed by atoms with E-state index in [1.54, 1.807) is 18.3 Å². The van der Waals surface area contributed by atoms with Crippen LogP contribution in [0.3, 0.4) is 0 Å². The van der Waals surface area contributed by atoms with Gasteiger partial charge in [-0.3, -0.25) is 4.79 Å². The van der Waals surface area contributed by atoms with E-state index in [0.717, 1.165) is 23.3 Å². The summed E-state index contributed by atoms with van der Waals surface area (Å²) in [5, 5.41) is 12.8. The van der Waals surface area contributed by atoms with Crippen molar-refractivity contribution in [2.45, 2.75) is 12.8 Å². The van der Waals surface area contributed by atoms with Crippen LogP contribution in [-0.4, -0.2) is 29.2 Å². The maximum Gasteiger partial charge on any atom is 0.229 e. The minimum atomic E-state index is 0.0137. The highest BCUT2D eigenvalue weighted by Crippen LogP contribution is 2.30. The molecule has 5 nitrogen and oxygen atoms in total. The van der Waals surface area contributed by atoms with Gasteiger partial charge in [0.15, 0.2) is 5.13 Å². The molecule has 110 valence electrons. The molecule has 0 atom stereocenters. The van der Waals surface area contributed by atoms with Crippen molar-refractivity contribution in [1.29, 1.82) is 0 Å². The lowest BCUT2D eigenvalue weighted by molar-refractivity contribution is -0.122. The van der Waals surface area contributed by atoms with Gasteiger partial charge < -0.3 is 15.2 Å². The molecular formula is C15H16N2O3S. The summed E-state index contributed by atoms with van der Waals surface area (Å²) in [6.07, 6.45) is 3.26. The Hall–Kier alpha value is -1.92. The van der Waals surface area contributed by atoms with Gasteiger partial charge in [0.25, 0.3) is 0 Å². The number of benzene rings is 1. The third-order valence-electron chi connectivity index (χ3n) is 3.48. The van der Waals surface area contributed by atoms with Crippen molar-refractivity contribution >= 4 is 22.4 Å². The minimum Gasteiger partial charge on any atom is -0.508 e. The van der Waals surface area contributed by atoms with Gasteiger partial charge in [-0.25, -0.2) is 4.98 Å². The average molecular weight is 304 g/mol. The van der Waals surface area contributed by atoms with Crippen LogP contribution in [0.15, 0.2) is 30.5 Å². The number of hydrogen-bond acceptors (Lipinski definition) is 5. The SMILES string of the molecule is O=C(Nc1ncc(-c2ccc(O)cc2)s1)C1CCOCC1. The van der Waals surface area contributed by atoms with E-state index < -0.39 is 0 Å². The fraction of sp³-hybridized carbons (Fsp3) is 0.333. The summed E-state index contributed by atoms with van der Waals surface area (Å²) in [6, 6.07) is 6.92. The molecule has 0 spiro atoms. The largest absolute Gasteiger partial charge is 0.508 e. The highest BCUT2D eigenvalue weighted by molar-refractivity contribution is 7.19. The van der Waals surface area contributed by atoms with Crippen LogP contribution in [0.5, 0.6) is 5.75 Å². The van der Waals surface area contributed by atoms with E-state index in [4.69, 9.17) is 4.74 Å². The van der Waals surface area contributed by atoms with Gasteiger partial charge in [-0.05, 0) is 42.7 Å². The molecule has 6 heteroatoms. The molecule has 1 aliphatic heterocycles. The Kier molecular flexibility index (Phi) is 4.17. The second-order valence-corrected chi connectivity index (χ2v) is 5.98. The van der Waals surface area contributed by atoms with E-state index in [2.05, 4.69) is 10.3 Å². The van der Waals surface area contributed by atoms with Crippen molar-refractivity contribution in [2.75, 3.05) is 18.5 Å². The van der Waals surface area contributed by atoms with E-state index >= 15 is 0 Å². The number of carbonyl (C=O) groups excluding carboxylic acids is 1. The van der Waals surface area contributed by atoms with Crippen LogP contribution in [0.2, 0.25) is 0 Å². The normalized spacial score (nSPS) is 15.8. The molecule has 1 aromatic carbocycles. The number of carbonyl (C=O) groups is 1. The van der Waals surface area contributed by atoms with Crippen LogP contribution in [0, 0.1) is 5.92 Å². The summed E-state index contributed by atoms with van der Waals surface area (Å²) in [5.41, 5.74) is 0.969. The second-order valence-electron chi connectivity index (χ2n) is 4.95. The Morgan fingerprint density at radius 3 is 2.71 bits per heavy atom. The van der Waals surface area contributed by atoms with Crippen molar-refractivity contribution < 1.29 is 14.6 Å².